The molecule has 2 N–H and O–H groups in total. The van der Waals surface area contributed by atoms with Crippen LogP contribution < -0.4 is 10.6 Å². The van der Waals surface area contributed by atoms with Gasteiger partial charge in [-0.3, -0.25) is 0 Å². The van der Waals surface area contributed by atoms with Crippen LogP contribution in [0.3, 0.4) is 0 Å². The Kier molecular flexibility index (Phi) is 5.24. The summed E-state index contributed by atoms with van der Waals surface area (Å²) >= 11 is 0. The molecular weight excluding hydrogens is 260 g/mol. The third-order valence-corrected chi connectivity index (χ3v) is 4.33. The number of anilines is 2. The highest BCUT2D eigenvalue weighted by Crippen LogP contribution is 2.29. The van der Waals surface area contributed by atoms with E-state index in [0.29, 0.717) is 5.92 Å². The standard InChI is InChI=1S/C17H32N4/c1-11(2)17(7,8)10-19-14-12(3)13(18-9)20-15(21-14)16(4,5)6/h11H,10H2,1-9H3,(H2,18,19,20,21). The molecule has 0 atom stereocenters. The molecule has 0 radical (unpaired) electrons. The lowest BCUT2D eigenvalue weighted by Gasteiger charge is -2.30. The number of nitrogens with zero attached hydrogens (tertiary/aromatic N) is 2. The topological polar surface area (TPSA) is 49.8 Å². The van der Waals surface area contributed by atoms with Gasteiger partial charge in [-0.05, 0) is 18.3 Å². The van der Waals surface area contributed by atoms with Gasteiger partial charge in [0.2, 0.25) is 0 Å². The van der Waals surface area contributed by atoms with E-state index in [2.05, 4.69) is 71.0 Å². The molecule has 0 saturated carbocycles. The van der Waals surface area contributed by atoms with Crippen molar-refractivity contribution in [1.29, 1.82) is 0 Å². The van der Waals surface area contributed by atoms with Gasteiger partial charge in [-0.15, -0.1) is 0 Å². The molecule has 0 aliphatic heterocycles. The Balaban J connectivity index is 3.12. The molecule has 0 aliphatic carbocycles. The largest absolute Gasteiger partial charge is 0.373 e. The van der Waals surface area contributed by atoms with E-state index in [-0.39, 0.29) is 10.8 Å². The van der Waals surface area contributed by atoms with Crippen LogP contribution in [0.2, 0.25) is 0 Å². The zero-order valence-corrected chi connectivity index (χ0v) is 15.2. The van der Waals surface area contributed by atoms with E-state index in [1.165, 1.54) is 0 Å². The Hall–Kier alpha value is -1.32. The monoisotopic (exact) mass is 292 g/mol. The summed E-state index contributed by atoms with van der Waals surface area (Å²) in [5, 5.41) is 6.71. The van der Waals surface area contributed by atoms with Gasteiger partial charge >= 0.3 is 0 Å². The fourth-order valence-corrected chi connectivity index (χ4v) is 1.78. The van der Waals surface area contributed by atoms with Gasteiger partial charge in [-0.25, -0.2) is 9.97 Å². The lowest BCUT2D eigenvalue weighted by molar-refractivity contribution is 0.269. The molecule has 0 saturated heterocycles. The Morgan fingerprint density at radius 2 is 1.52 bits per heavy atom. The highest BCUT2D eigenvalue weighted by molar-refractivity contribution is 5.57. The van der Waals surface area contributed by atoms with Gasteiger partial charge < -0.3 is 10.6 Å². The van der Waals surface area contributed by atoms with Crippen LogP contribution in [-0.4, -0.2) is 23.6 Å². The Labute approximate surface area is 130 Å². The summed E-state index contributed by atoms with van der Waals surface area (Å²) in [4.78, 5) is 9.39. The molecular formula is C17H32N4. The number of nitrogens with one attached hydrogen (secondary N) is 2. The van der Waals surface area contributed by atoms with Gasteiger partial charge in [0.1, 0.15) is 17.5 Å². The first-order valence-electron chi connectivity index (χ1n) is 7.79. The van der Waals surface area contributed by atoms with Crippen LogP contribution in [-0.2, 0) is 5.41 Å². The quantitative estimate of drug-likeness (QED) is 0.853. The number of aromatic nitrogens is 2. The van der Waals surface area contributed by atoms with Gasteiger partial charge in [0, 0.05) is 24.6 Å². The summed E-state index contributed by atoms with van der Waals surface area (Å²) in [5.41, 5.74) is 1.23. The van der Waals surface area contributed by atoms with Crippen LogP contribution >= 0.6 is 0 Å². The summed E-state index contributed by atoms with van der Waals surface area (Å²) in [7, 11) is 1.91. The lowest BCUT2D eigenvalue weighted by Crippen LogP contribution is -2.29. The number of hydrogen-bond donors (Lipinski definition) is 2. The molecule has 0 bridgehead atoms. The first-order valence-corrected chi connectivity index (χ1v) is 7.79. The van der Waals surface area contributed by atoms with Crippen LogP contribution in [0.5, 0.6) is 0 Å². The molecule has 120 valence electrons. The Morgan fingerprint density at radius 1 is 1.00 bits per heavy atom. The van der Waals surface area contributed by atoms with Crippen molar-refractivity contribution in [2.24, 2.45) is 11.3 Å². The van der Waals surface area contributed by atoms with Crippen LogP contribution in [0.1, 0.15) is 59.9 Å². The zero-order chi connectivity index (χ0) is 16.4. The van der Waals surface area contributed by atoms with Crippen molar-refractivity contribution in [3.05, 3.63) is 11.4 Å². The first kappa shape index (κ1) is 17.7. The van der Waals surface area contributed by atoms with E-state index < -0.39 is 0 Å². The molecule has 1 heterocycles. The van der Waals surface area contributed by atoms with Crippen LogP contribution in [0.4, 0.5) is 11.6 Å². The van der Waals surface area contributed by atoms with Crippen molar-refractivity contribution < 1.29 is 0 Å². The van der Waals surface area contributed by atoms with Crippen molar-refractivity contribution >= 4 is 11.6 Å². The van der Waals surface area contributed by atoms with Crippen molar-refractivity contribution in [2.75, 3.05) is 24.2 Å². The van der Waals surface area contributed by atoms with E-state index in [1.54, 1.807) is 0 Å². The van der Waals surface area contributed by atoms with E-state index in [4.69, 9.17) is 4.98 Å². The molecule has 21 heavy (non-hydrogen) atoms. The fourth-order valence-electron chi connectivity index (χ4n) is 1.78. The highest BCUT2D eigenvalue weighted by atomic mass is 15.1. The SMILES string of the molecule is CNc1nc(C(C)(C)C)nc(NCC(C)(C)C(C)C)c1C. The molecule has 4 heteroatoms. The minimum Gasteiger partial charge on any atom is -0.373 e. The highest BCUT2D eigenvalue weighted by Gasteiger charge is 2.24. The van der Waals surface area contributed by atoms with Crippen LogP contribution in [0.15, 0.2) is 0 Å². The summed E-state index contributed by atoms with van der Waals surface area (Å²) in [6.45, 7) is 18.5. The fraction of sp³-hybridized carbons (Fsp3) is 0.765. The number of hydrogen-bond acceptors (Lipinski definition) is 4. The van der Waals surface area contributed by atoms with Crippen molar-refractivity contribution in [3.63, 3.8) is 0 Å². The van der Waals surface area contributed by atoms with Gasteiger partial charge in [0.15, 0.2) is 0 Å². The van der Waals surface area contributed by atoms with Crippen molar-refractivity contribution in [3.8, 4) is 0 Å². The first-order chi connectivity index (χ1) is 9.49. The number of rotatable bonds is 5. The van der Waals surface area contributed by atoms with E-state index in [0.717, 1.165) is 29.6 Å². The Morgan fingerprint density at radius 3 is 1.95 bits per heavy atom. The predicted molar refractivity (Wildman–Crippen MR) is 92.1 cm³/mol. The van der Waals surface area contributed by atoms with Gasteiger partial charge in [0.25, 0.3) is 0 Å². The third kappa shape index (κ3) is 4.32. The molecule has 0 aliphatic rings. The van der Waals surface area contributed by atoms with E-state index >= 15 is 0 Å². The van der Waals surface area contributed by atoms with Crippen LogP contribution in [0, 0.1) is 18.3 Å². The average molecular weight is 292 g/mol. The summed E-state index contributed by atoms with van der Waals surface area (Å²) in [6, 6.07) is 0. The molecule has 1 rings (SSSR count). The van der Waals surface area contributed by atoms with E-state index in [1.807, 2.05) is 7.05 Å². The molecule has 0 spiro atoms. The zero-order valence-electron chi connectivity index (χ0n) is 15.2. The minimum atomic E-state index is -0.0662. The minimum absolute atomic E-state index is 0.0662. The van der Waals surface area contributed by atoms with Crippen molar-refractivity contribution in [2.45, 2.75) is 60.8 Å². The van der Waals surface area contributed by atoms with Gasteiger partial charge in [-0.1, -0.05) is 48.5 Å². The molecule has 1 aromatic rings. The summed E-state index contributed by atoms with van der Waals surface area (Å²) < 4.78 is 0. The molecule has 1 aromatic heterocycles. The second kappa shape index (κ2) is 6.20. The smallest absolute Gasteiger partial charge is 0.138 e. The molecule has 0 fully saturated rings. The maximum Gasteiger partial charge on any atom is 0.138 e. The molecule has 0 amide bonds. The Bertz CT molecular complexity index is 484. The predicted octanol–water partition coefficient (Wildman–Crippen LogP) is 4.22. The summed E-state index contributed by atoms with van der Waals surface area (Å²) in [6.07, 6.45) is 0. The lowest BCUT2D eigenvalue weighted by atomic mass is 9.81. The van der Waals surface area contributed by atoms with Crippen molar-refractivity contribution in [1.82, 2.24) is 9.97 Å². The molecule has 4 nitrogen and oxygen atoms in total. The maximum atomic E-state index is 4.75. The third-order valence-electron chi connectivity index (χ3n) is 4.33. The molecule has 0 unspecified atom stereocenters. The maximum absolute atomic E-state index is 4.75. The van der Waals surface area contributed by atoms with E-state index in [9.17, 15) is 0 Å². The second-order valence-corrected chi connectivity index (χ2v) is 7.87. The molecule has 0 aromatic carbocycles. The average Bonchev–Trinajstić information content (AvgIpc) is 2.36. The van der Waals surface area contributed by atoms with Gasteiger partial charge in [-0.2, -0.15) is 0 Å². The summed E-state index contributed by atoms with van der Waals surface area (Å²) in [5.74, 6) is 3.31. The normalized spacial score (nSPS) is 12.7. The van der Waals surface area contributed by atoms with Crippen LogP contribution in [0.25, 0.3) is 0 Å². The van der Waals surface area contributed by atoms with Gasteiger partial charge in [0.05, 0.1) is 0 Å². The second-order valence-electron chi connectivity index (χ2n) is 7.87.